The molecule has 2 aromatic heterocycles. The summed E-state index contributed by atoms with van der Waals surface area (Å²) < 4.78 is 43.8. The Bertz CT molecular complexity index is 1030. The fourth-order valence-electron chi connectivity index (χ4n) is 3.52. The number of hydrogen-bond acceptors (Lipinski definition) is 8. The van der Waals surface area contributed by atoms with Crippen molar-refractivity contribution in [2.24, 2.45) is 0 Å². The highest BCUT2D eigenvalue weighted by Gasteiger charge is 2.55. The maximum atomic E-state index is 14.5. The van der Waals surface area contributed by atoms with Gasteiger partial charge >= 0.3 is 0 Å². The number of nitrogens with zero attached hydrogens (tertiary/aromatic N) is 4. The van der Waals surface area contributed by atoms with Crippen LogP contribution >= 0.6 is 0 Å². The molecule has 2 N–H and O–H groups in total. The summed E-state index contributed by atoms with van der Waals surface area (Å²) in [5.41, 5.74) is 6.39. The van der Waals surface area contributed by atoms with Crippen LogP contribution in [0.15, 0.2) is 18.3 Å². The minimum atomic E-state index is -3.38. The zero-order valence-corrected chi connectivity index (χ0v) is 16.5. The second-order valence-corrected chi connectivity index (χ2v) is 9.74. The van der Waals surface area contributed by atoms with Gasteiger partial charge in [-0.1, -0.05) is 0 Å². The quantitative estimate of drug-likeness (QED) is 0.812. The van der Waals surface area contributed by atoms with Crippen LogP contribution in [0.25, 0.3) is 11.3 Å². The molecule has 1 unspecified atom stereocenters. The number of pyridine rings is 1. The fraction of sp³-hybridized carbons (Fsp3) is 0.500. The molecule has 8 nitrogen and oxygen atoms in total. The zero-order chi connectivity index (χ0) is 20.1. The maximum absolute atomic E-state index is 14.5. The first-order valence-corrected chi connectivity index (χ1v) is 11.0. The van der Waals surface area contributed by atoms with Crippen LogP contribution in [0.5, 0.6) is 0 Å². The van der Waals surface area contributed by atoms with Crippen molar-refractivity contribution in [3.63, 3.8) is 0 Å². The second-order valence-electron chi connectivity index (χ2n) is 7.41. The number of ether oxygens (including phenoxy) is 1. The predicted octanol–water partition coefficient (Wildman–Crippen LogP) is 1.52. The summed E-state index contributed by atoms with van der Waals surface area (Å²) in [7, 11) is -3.38. The molecule has 1 saturated carbocycles. The minimum Gasteiger partial charge on any atom is -0.384 e. The van der Waals surface area contributed by atoms with Crippen LogP contribution < -0.4 is 10.6 Å². The summed E-state index contributed by atoms with van der Waals surface area (Å²) in [4.78, 5) is 15.0. The van der Waals surface area contributed by atoms with Crippen molar-refractivity contribution in [2.45, 2.75) is 30.6 Å². The predicted molar refractivity (Wildman–Crippen MR) is 103 cm³/mol. The van der Waals surface area contributed by atoms with E-state index in [1.165, 1.54) is 12.5 Å². The molecule has 1 atom stereocenters. The highest BCUT2D eigenvalue weighted by atomic mass is 32.2. The standard InChI is InChI=1S/C18H22FN5O3S/c1-11-10-27-6-5-24(11)17-22-14(12-9-21-16(20)7-13(12)19)8-15(23-17)18(3-4-18)28(2,25)26/h7-9,11H,3-6,10H2,1-2H3,(H2,20,21). The number of nitrogens with two attached hydrogens (primary N) is 1. The summed E-state index contributed by atoms with van der Waals surface area (Å²) in [6.07, 6.45) is 3.50. The number of hydrogen-bond donors (Lipinski definition) is 1. The summed E-state index contributed by atoms with van der Waals surface area (Å²) >= 11 is 0. The highest BCUT2D eigenvalue weighted by molar-refractivity contribution is 7.91. The van der Waals surface area contributed by atoms with Gasteiger partial charge in [0.2, 0.25) is 5.95 Å². The smallest absolute Gasteiger partial charge is 0.226 e. The Morgan fingerprint density at radius 1 is 1.32 bits per heavy atom. The molecule has 0 aromatic carbocycles. The number of nitrogen functional groups attached to an aromatic ring is 1. The Morgan fingerprint density at radius 2 is 2.07 bits per heavy atom. The van der Waals surface area contributed by atoms with E-state index in [0.717, 1.165) is 6.07 Å². The molecule has 1 saturated heterocycles. The van der Waals surface area contributed by atoms with E-state index in [9.17, 15) is 12.8 Å². The summed E-state index contributed by atoms with van der Waals surface area (Å²) in [5, 5.41) is 0. The number of halogens is 1. The number of sulfone groups is 1. The number of rotatable bonds is 4. The van der Waals surface area contributed by atoms with Gasteiger partial charge in [0.1, 0.15) is 16.4 Å². The van der Waals surface area contributed by atoms with Crippen molar-refractivity contribution >= 4 is 21.6 Å². The van der Waals surface area contributed by atoms with Crippen molar-refractivity contribution < 1.29 is 17.5 Å². The minimum absolute atomic E-state index is 0.0135. The van der Waals surface area contributed by atoms with E-state index in [4.69, 9.17) is 10.5 Å². The van der Waals surface area contributed by atoms with E-state index in [-0.39, 0.29) is 17.4 Å². The van der Waals surface area contributed by atoms with Crippen LogP contribution in [-0.4, -0.2) is 55.4 Å². The van der Waals surface area contributed by atoms with Gasteiger partial charge in [-0.25, -0.2) is 27.8 Å². The topological polar surface area (TPSA) is 111 Å². The molecule has 0 amide bonds. The van der Waals surface area contributed by atoms with Crippen LogP contribution in [-0.2, 0) is 19.3 Å². The Morgan fingerprint density at radius 3 is 2.68 bits per heavy atom. The number of anilines is 2. The maximum Gasteiger partial charge on any atom is 0.226 e. The van der Waals surface area contributed by atoms with E-state index in [2.05, 4.69) is 15.0 Å². The molecule has 3 heterocycles. The average molecular weight is 407 g/mol. The lowest BCUT2D eigenvalue weighted by Crippen LogP contribution is -2.44. The summed E-state index contributed by atoms with van der Waals surface area (Å²) in [5.74, 6) is -0.135. The normalized spacial score (nSPS) is 21.5. The first-order valence-electron chi connectivity index (χ1n) is 9.06. The molecular formula is C18H22FN5O3S. The summed E-state index contributed by atoms with van der Waals surface area (Å²) in [6.45, 7) is 3.57. The third-order valence-electron chi connectivity index (χ3n) is 5.37. The first kappa shape index (κ1) is 19.0. The van der Waals surface area contributed by atoms with E-state index in [0.29, 0.717) is 49.9 Å². The van der Waals surface area contributed by atoms with Crippen LogP contribution in [0.1, 0.15) is 25.5 Å². The van der Waals surface area contributed by atoms with Crippen molar-refractivity contribution in [1.82, 2.24) is 15.0 Å². The van der Waals surface area contributed by atoms with Gasteiger partial charge < -0.3 is 15.4 Å². The molecule has 1 aliphatic heterocycles. The average Bonchev–Trinajstić information content (AvgIpc) is 3.43. The molecule has 2 aliphatic rings. The largest absolute Gasteiger partial charge is 0.384 e. The van der Waals surface area contributed by atoms with Gasteiger partial charge in [0.25, 0.3) is 0 Å². The van der Waals surface area contributed by atoms with Gasteiger partial charge in [0.15, 0.2) is 9.84 Å². The van der Waals surface area contributed by atoms with Gasteiger partial charge in [-0.3, -0.25) is 0 Å². The van der Waals surface area contributed by atoms with Crippen molar-refractivity contribution in [1.29, 1.82) is 0 Å². The van der Waals surface area contributed by atoms with E-state index < -0.39 is 20.4 Å². The molecule has 4 rings (SSSR count). The van der Waals surface area contributed by atoms with Gasteiger partial charge in [-0.05, 0) is 25.8 Å². The highest BCUT2D eigenvalue weighted by Crippen LogP contribution is 2.52. The Labute approximate surface area is 162 Å². The molecule has 150 valence electrons. The third-order valence-corrected chi connectivity index (χ3v) is 7.41. The fourth-order valence-corrected chi connectivity index (χ4v) is 4.85. The van der Waals surface area contributed by atoms with Crippen LogP contribution in [0.2, 0.25) is 0 Å². The Hall–Kier alpha value is -2.33. The molecule has 10 heteroatoms. The van der Waals surface area contributed by atoms with Crippen molar-refractivity contribution in [3.05, 3.63) is 29.8 Å². The Balaban J connectivity index is 1.89. The van der Waals surface area contributed by atoms with Gasteiger partial charge in [-0.15, -0.1) is 0 Å². The van der Waals surface area contributed by atoms with Gasteiger partial charge in [0.05, 0.1) is 36.2 Å². The lowest BCUT2D eigenvalue weighted by molar-refractivity contribution is 0.0980. The molecule has 0 spiro atoms. The number of aromatic nitrogens is 3. The molecule has 2 aromatic rings. The monoisotopic (exact) mass is 407 g/mol. The third kappa shape index (κ3) is 3.20. The zero-order valence-electron chi connectivity index (χ0n) is 15.7. The molecule has 2 fully saturated rings. The molecule has 1 aliphatic carbocycles. The molecule has 0 bridgehead atoms. The SMILES string of the molecule is CC1COCCN1c1nc(-c2cnc(N)cc2F)cc(C2(S(C)(=O)=O)CC2)n1. The van der Waals surface area contributed by atoms with Crippen molar-refractivity contribution in [2.75, 3.05) is 36.6 Å². The van der Waals surface area contributed by atoms with Crippen LogP contribution in [0.4, 0.5) is 16.2 Å². The second kappa shape index (κ2) is 6.63. The lowest BCUT2D eigenvalue weighted by atomic mass is 10.1. The first-order chi connectivity index (χ1) is 13.2. The number of morpholine rings is 1. The lowest BCUT2D eigenvalue weighted by Gasteiger charge is -2.34. The van der Waals surface area contributed by atoms with Crippen LogP contribution in [0, 0.1) is 5.82 Å². The van der Waals surface area contributed by atoms with Gasteiger partial charge in [0, 0.05) is 25.1 Å². The van der Waals surface area contributed by atoms with E-state index in [1.54, 1.807) is 6.07 Å². The molecule has 28 heavy (non-hydrogen) atoms. The Kier molecular flexibility index (Phi) is 4.50. The van der Waals surface area contributed by atoms with Gasteiger partial charge in [-0.2, -0.15) is 0 Å². The summed E-state index contributed by atoms with van der Waals surface area (Å²) in [6, 6.07) is 2.69. The molecular weight excluding hydrogens is 385 g/mol. The molecule has 0 radical (unpaired) electrons. The van der Waals surface area contributed by atoms with Crippen molar-refractivity contribution in [3.8, 4) is 11.3 Å². The van der Waals surface area contributed by atoms with Crippen LogP contribution in [0.3, 0.4) is 0 Å². The van der Waals surface area contributed by atoms with E-state index >= 15 is 0 Å². The van der Waals surface area contributed by atoms with E-state index in [1.807, 2.05) is 11.8 Å².